The van der Waals surface area contributed by atoms with Crippen molar-refractivity contribution in [1.82, 2.24) is 4.98 Å². The van der Waals surface area contributed by atoms with Gasteiger partial charge in [-0.1, -0.05) is 53.9 Å². The minimum atomic E-state index is 0.990. The van der Waals surface area contributed by atoms with Gasteiger partial charge in [-0.05, 0) is 25.0 Å². The van der Waals surface area contributed by atoms with Crippen molar-refractivity contribution in [2.45, 2.75) is 6.92 Å². The summed E-state index contributed by atoms with van der Waals surface area (Å²) in [6, 6.07) is 18.4. The molecule has 1 nitrogen and oxygen atoms in total. The quantitative estimate of drug-likeness (QED) is 0.595. The van der Waals surface area contributed by atoms with Crippen LogP contribution >= 0.6 is 11.3 Å². The molecule has 3 aromatic rings. The first-order valence-electron chi connectivity index (χ1n) is 6.41. The monoisotopic (exact) mass is 275 g/mol. The van der Waals surface area contributed by atoms with Crippen LogP contribution in [0.5, 0.6) is 0 Å². The van der Waals surface area contributed by atoms with Gasteiger partial charge in [-0.25, -0.2) is 4.98 Å². The Morgan fingerprint density at radius 1 is 0.900 bits per heavy atom. The third kappa shape index (κ3) is 2.96. The summed E-state index contributed by atoms with van der Waals surface area (Å²) in [5.41, 5.74) is 3.43. The lowest BCUT2D eigenvalue weighted by molar-refractivity contribution is 1.39. The Morgan fingerprint density at radius 3 is 2.40 bits per heavy atom. The number of aromatic nitrogens is 1. The summed E-state index contributed by atoms with van der Waals surface area (Å²) < 4.78 is 0. The van der Waals surface area contributed by atoms with Gasteiger partial charge in [-0.2, -0.15) is 0 Å². The van der Waals surface area contributed by atoms with Gasteiger partial charge in [0.05, 0.1) is 11.1 Å². The van der Waals surface area contributed by atoms with Crippen LogP contribution in [0.3, 0.4) is 0 Å². The number of benzene rings is 2. The molecule has 2 heteroatoms. The Bertz CT molecular complexity index is 758. The molecule has 1 aromatic heterocycles. The van der Waals surface area contributed by atoms with Crippen molar-refractivity contribution in [3.63, 3.8) is 0 Å². The summed E-state index contributed by atoms with van der Waals surface area (Å²) in [6.45, 7) is 2.09. The predicted molar refractivity (Wildman–Crippen MR) is 84.7 cm³/mol. The van der Waals surface area contributed by atoms with Gasteiger partial charge in [-0.15, -0.1) is 11.3 Å². The fourth-order valence-corrected chi connectivity index (χ4v) is 2.59. The fraction of sp³-hybridized carbons (Fsp3) is 0.0556. The van der Waals surface area contributed by atoms with Crippen molar-refractivity contribution in [2.75, 3.05) is 0 Å². The van der Waals surface area contributed by atoms with Gasteiger partial charge in [0.25, 0.3) is 0 Å². The van der Waals surface area contributed by atoms with Gasteiger partial charge in [0, 0.05) is 11.1 Å². The molecule has 0 N–H and O–H groups in total. The third-order valence-corrected chi connectivity index (χ3v) is 3.87. The average molecular weight is 275 g/mol. The Hall–Kier alpha value is -2.37. The Balaban J connectivity index is 1.84. The summed E-state index contributed by atoms with van der Waals surface area (Å²) in [5, 5.41) is 1.02. The first-order valence-corrected chi connectivity index (χ1v) is 7.23. The van der Waals surface area contributed by atoms with Gasteiger partial charge >= 0.3 is 0 Å². The molecule has 0 unspecified atom stereocenters. The summed E-state index contributed by atoms with van der Waals surface area (Å²) in [6.07, 6.45) is 1.84. The van der Waals surface area contributed by atoms with Gasteiger partial charge in [-0.3, -0.25) is 0 Å². The van der Waals surface area contributed by atoms with Crippen LogP contribution < -0.4 is 0 Å². The highest BCUT2D eigenvalue weighted by atomic mass is 32.1. The maximum Gasteiger partial charge on any atom is 0.124 e. The minimum Gasteiger partial charge on any atom is -0.243 e. The van der Waals surface area contributed by atoms with E-state index in [2.05, 4.69) is 48.0 Å². The van der Waals surface area contributed by atoms with Crippen LogP contribution in [0.25, 0.3) is 10.6 Å². The fourth-order valence-electron chi connectivity index (χ4n) is 1.82. The molecule has 3 rings (SSSR count). The van der Waals surface area contributed by atoms with E-state index in [0.717, 1.165) is 21.0 Å². The predicted octanol–water partition coefficient (Wildman–Crippen LogP) is 4.52. The van der Waals surface area contributed by atoms with Crippen LogP contribution in [0.4, 0.5) is 0 Å². The largest absolute Gasteiger partial charge is 0.243 e. The lowest BCUT2D eigenvalue weighted by Crippen LogP contribution is -1.75. The molecule has 1 heterocycles. The molecule has 0 amide bonds. The van der Waals surface area contributed by atoms with Crippen molar-refractivity contribution in [1.29, 1.82) is 0 Å². The number of hydrogen-bond acceptors (Lipinski definition) is 2. The lowest BCUT2D eigenvalue weighted by Gasteiger charge is -1.95. The third-order valence-electron chi connectivity index (χ3n) is 2.91. The van der Waals surface area contributed by atoms with Crippen molar-refractivity contribution in [2.24, 2.45) is 0 Å². The molecular weight excluding hydrogens is 262 g/mol. The van der Waals surface area contributed by atoms with Crippen LogP contribution in [0, 0.1) is 18.8 Å². The minimum absolute atomic E-state index is 0.990. The van der Waals surface area contributed by atoms with Crippen molar-refractivity contribution >= 4 is 11.3 Å². The van der Waals surface area contributed by atoms with E-state index < -0.39 is 0 Å². The van der Waals surface area contributed by atoms with Gasteiger partial charge in [0.15, 0.2) is 0 Å². The summed E-state index contributed by atoms with van der Waals surface area (Å²) in [7, 11) is 0. The van der Waals surface area contributed by atoms with Crippen LogP contribution in [0.1, 0.15) is 16.0 Å². The lowest BCUT2D eigenvalue weighted by atomic mass is 10.2. The van der Waals surface area contributed by atoms with Crippen LogP contribution in [-0.4, -0.2) is 4.98 Å². The number of aryl methyl sites for hydroxylation is 1. The second-order valence-electron chi connectivity index (χ2n) is 4.51. The smallest absolute Gasteiger partial charge is 0.124 e. The second kappa shape index (κ2) is 5.73. The molecule has 0 spiro atoms. The van der Waals surface area contributed by atoms with Gasteiger partial charge in [0.1, 0.15) is 5.01 Å². The highest BCUT2D eigenvalue weighted by Crippen LogP contribution is 2.24. The van der Waals surface area contributed by atoms with Crippen molar-refractivity contribution in [3.8, 4) is 22.4 Å². The van der Waals surface area contributed by atoms with E-state index in [1.165, 1.54) is 5.56 Å². The number of thiazole rings is 1. The van der Waals surface area contributed by atoms with Crippen LogP contribution in [0.15, 0.2) is 60.8 Å². The SMILES string of the molecule is Cc1ccc(-c2ncc(C#Cc3ccccc3)s2)cc1. The van der Waals surface area contributed by atoms with Crippen molar-refractivity contribution < 1.29 is 0 Å². The number of nitrogens with zero attached hydrogens (tertiary/aromatic N) is 1. The normalized spacial score (nSPS) is 9.85. The Kier molecular flexibility index (Phi) is 3.62. The molecule has 96 valence electrons. The second-order valence-corrected chi connectivity index (χ2v) is 5.54. The van der Waals surface area contributed by atoms with Crippen molar-refractivity contribution in [3.05, 3.63) is 76.8 Å². The summed E-state index contributed by atoms with van der Waals surface area (Å²) >= 11 is 1.63. The number of rotatable bonds is 1. The van der Waals surface area contributed by atoms with Crippen LogP contribution in [0.2, 0.25) is 0 Å². The van der Waals surface area contributed by atoms with E-state index in [4.69, 9.17) is 0 Å². The molecule has 0 saturated carbocycles. The topological polar surface area (TPSA) is 12.9 Å². The Labute approximate surface area is 122 Å². The zero-order valence-corrected chi connectivity index (χ0v) is 11.9. The molecule has 0 aliphatic rings. The zero-order chi connectivity index (χ0) is 13.8. The van der Waals surface area contributed by atoms with E-state index in [9.17, 15) is 0 Å². The molecule has 0 fully saturated rings. The molecule has 0 aliphatic heterocycles. The average Bonchev–Trinajstić information content (AvgIpc) is 2.96. The molecule has 0 aliphatic carbocycles. The molecule has 0 atom stereocenters. The molecule has 0 bridgehead atoms. The van der Waals surface area contributed by atoms with E-state index in [1.807, 2.05) is 36.5 Å². The van der Waals surface area contributed by atoms with E-state index in [0.29, 0.717) is 0 Å². The summed E-state index contributed by atoms with van der Waals surface area (Å²) in [5.74, 6) is 6.32. The first kappa shape index (κ1) is 12.7. The maximum absolute atomic E-state index is 4.44. The maximum atomic E-state index is 4.44. The molecule has 0 saturated heterocycles. The van der Waals surface area contributed by atoms with E-state index >= 15 is 0 Å². The molecule has 2 aromatic carbocycles. The first-order chi connectivity index (χ1) is 9.81. The highest BCUT2D eigenvalue weighted by molar-refractivity contribution is 7.15. The summed E-state index contributed by atoms with van der Waals surface area (Å²) in [4.78, 5) is 5.43. The molecule has 0 radical (unpaired) electrons. The van der Waals surface area contributed by atoms with Gasteiger partial charge in [0.2, 0.25) is 0 Å². The highest BCUT2D eigenvalue weighted by Gasteiger charge is 2.02. The Morgan fingerprint density at radius 2 is 1.65 bits per heavy atom. The molecular formula is C18H13NS. The zero-order valence-electron chi connectivity index (χ0n) is 11.1. The van der Waals surface area contributed by atoms with Crippen LogP contribution in [-0.2, 0) is 0 Å². The van der Waals surface area contributed by atoms with E-state index in [1.54, 1.807) is 11.3 Å². The van der Waals surface area contributed by atoms with Gasteiger partial charge < -0.3 is 0 Å². The standard InChI is InChI=1S/C18H13NS/c1-14-7-10-16(11-8-14)18-19-13-17(20-18)12-9-15-5-3-2-4-6-15/h2-8,10-11,13H,1H3. The van der Waals surface area contributed by atoms with E-state index in [-0.39, 0.29) is 0 Å². The number of hydrogen-bond donors (Lipinski definition) is 0. The molecule has 20 heavy (non-hydrogen) atoms.